The Morgan fingerprint density at radius 2 is 1.79 bits per heavy atom. The van der Waals surface area contributed by atoms with Crippen molar-refractivity contribution in [3.8, 4) is 0 Å². The fourth-order valence-electron chi connectivity index (χ4n) is 1.55. The normalized spacial score (nSPS) is 10.3. The molecule has 0 saturated heterocycles. The van der Waals surface area contributed by atoms with E-state index in [9.17, 15) is 13.6 Å². The number of hydrogen-bond acceptors (Lipinski definition) is 1. The molecular formula is C14H10BrF2NO. The number of amides is 1. The lowest BCUT2D eigenvalue weighted by Gasteiger charge is -2.06. The van der Waals surface area contributed by atoms with Gasteiger partial charge >= 0.3 is 0 Å². The highest BCUT2D eigenvalue weighted by Gasteiger charge is 2.12. The number of carbonyl (C=O) groups excluding carboxylic acids is 1. The van der Waals surface area contributed by atoms with Crippen molar-refractivity contribution < 1.29 is 13.6 Å². The van der Waals surface area contributed by atoms with Crippen molar-refractivity contribution in [3.05, 3.63) is 69.7 Å². The average molecular weight is 326 g/mol. The second kappa shape index (κ2) is 5.93. The minimum atomic E-state index is -0.741. The van der Waals surface area contributed by atoms with Gasteiger partial charge in [-0.2, -0.15) is 0 Å². The topological polar surface area (TPSA) is 29.1 Å². The van der Waals surface area contributed by atoms with Crippen molar-refractivity contribution in [2.45, 2.75) is 6.54 Å². The smallest absolute Gasteiger partial charge is 0.254 e. The first-order chi connectivity index (χ1) is 9.06. The van der Waals surface area contributed by atoms with Gasteiger partial charge in [-0.15, -0.1) is 0 Å². The summed E-state index contributed by atoms with van der Waals surface area (Å²) in [5.41, 5.74) is 0.575. The Hall–Kier alpha value is -1.75. The van der Waals surface area contributed by atoms with Crippen molar-refractivity contribution >= 4 is 21.8 Å². The molecule has 0 unspecified atom stereocenters. The van der Waals surface area contributed by atoms with Crippen molar-refractivity contribution in [2.75, 3.05) is 0 Å². The van der Waals surface area contributed by atoms with Gasteiger partial charge in [0.1, 0.15) is 11.6 Å². The van der Waals surface area contributed by atoms with Crippen LogP contribution in [0.5, 0.6) is 0 Å². The maximum absolute atomic E-state index is 13.4. The predicted octanol–water partition coefficient (Wildman–Crippen LogP) is 3.66. The van der Waals surface area contributed by atoms with Gasteiger partial charge in [-0.05, 0) is 35.9 Å². The second-order valence-corrected chi connectivity index (χ2v) is 4.85. The molecule has 0 aliphatic heterocycles. The van der Waals surface area contributed by atoms with Gasteiger partial charge in [-0.3, -0.25) is 4.79 Å². The molecule has 0 aliphatic carbocycles. The molecule has 2 aromatic carbocycles. The van der Waals surface area contributed by atoms with Gasteiger partial charge in [-0.1, -0.05) is 28.1 Å². The van der Waals surface area contributed by atoms with E-state index in [0.717, 1.165) is 28.2 Å². The van der Waals surface area contributed by atoms with E-state index in [1.807, 2.05) is 24.3 Å². The summed E-state index contributed by atoms with van der Waals surface area (Å²) in [5.74, 6) is -2.02. The molecule has 2 rings (SSSR count). The molecule has 1 amide bonds. The largest absolute Gasteiger partial charge is 0.348 e. The first-order valence-electron chi connectivity index (χ1n) is 5.54. The number of hydrogen-bond donors (Lipinski definition) is 1. The van der Waals surface area contributed by atoms with E-state index in [0.29, 0.717) is 0 Å². The zero-order valence-corrected chi connectivity index (χ0v) is 11.4. The number of benzene rings is 2. The van der Waals surface area contributed by atoms with E-state index >= 15 is 0 Å². The van der Waals surface area contributed by atoms with Gasteiger partial charge < -0.3 is 5.32 Å². The summed E-state index contributed by atoms with van der Waals surface area (Å²) in [5, 5.41) is 2.54. The van der Waals surface area contributed by atoms with E-state index in [4.69, 9.17) is 0 Å². The summed E-state index contributed by atoms with van der Waals surface area (Å²) in [6.45, 7) is 0.252. The third-order valence-electron chi connectivity index (χ3n) is 2.54. The molecule has 0 spiro atoms. The molecule has 0 bridgehead atoms. The van der Waals surface area contributed by atoms with Gasteiger partial charge in [0.15, 0.2) is 0 Å². The summed E-state index contributed by atoms with van der Waals surface area (Å²) in [7, 11) is 0. The Balaban J connectivity index is 2.05. The first-order valence-corrected chi connectivity index (χ1v) is 6.33. The minimum absolute atomic E-state index is 0.252. The lowest BCUT2D eigenvalue weighted by atomic mass is 10.1. The summed E-state index contributed by atoms with van der Waals surface area (Å²) in [4.78, 5) is 11.7. The lowest BCUT2D eigenvalue weighted by Crippen LogP contribution is -2.24. The molecule has 0 aliphatic rings. The average Bonchev–Trinajstić information content (AvgIpc) is 2.40. The first kappa shape index (κ1) is 13.7. The van der Waals surface area contributed by atoms with E-state index in [-0.39, 0.29) is 12.1 Å². The van der Waals surface area contributed by atoms with Gasteiger partial charge in [0.05, 0.1) is 5.56 Å². The van der Waals surface area contributed by atoms with Crippen molar-refractivity contribution in [3.63, 3.8) is 0 Å². The van der Waals surface area contributed by atoms with Crippen LogP contribution in [0.1, 0.15) is 15.9 Å². The number of carbonyl (C=O) groups is 1. The van der Waals surface area contributed by atoms with Crippen LogP contribution in [0.25, 0.3) is 0 Å². The molecule has 98 valence electrons. The van der Waals surface area contributed by atoms with E-state index in [2.05, 4.69) is 21.2 Å². The zero-order valence-electron chi connectivity index (χ0n) is 9.79. The maximum atomic E-state index is 13.4. The Bertz CT molecular complexity index is 599. The Kier molecular flexibility index (Phi) is 4.27. The summed E-state index contributed by atoms with van der Waals surface area (Å²) < 4.78 is 27.3. The number of rotatable bonds is 3. The molecule has 2 nitrogen and oxygen atoms in total. The van der Waals surface area contributed by atoms with Gasteiger partial charge in [0, 0.05) is 11.0 Å². The van der Waals surface area contributed by atoms with E-state index in [1.54, 1.807) is 0 Å². The summed E-state index contributed by atoms with van der Waals surface area (Å²) >= 11 is 3.30. The molecule has 5 heteroatoms. The monoisotopic (exact) mass is 325 g/mol. The van der Waals surface area contributed by atoms with Crippen molar-refractivity contribution in [1.29, 1.82) is 0 Å². The second-order valence-electron chi connectivity index (χ2n) is 3.93. The van der Waals surface area contributed by atoms with Crippen LogP contribution in [0.3, 0.4) is 0 Å². The highest BCUT2D eigenvalue weighted by atomic mass is 79.9. The minimum Gasteiger partial charge on any atom is -0.348 e. The zero-order chi connectivity index (χ0) is 13.8. The fourth-order valence-corrected chi connectivity index (χ4v) is 1.82. The summed E-state index contributed by atoms with van der Waals surface area (Å²) in [6.07, 6.45) is 0. The highest BCUT2D eigenvalue weighted by Crippen LogP contribution is 2.12. The molecule has 19 heavy (non-hydrogen) atoms. The van der Waals surface area contributed by atoms with Crippen LogP contribution in [0.15, 0.2) is 46.9 Å². The van der Waals surface area contributed by atoms with E-state index < -0.39 is 17.5 Å². The molecule has 0 heterocycles. The number of nitrogens with one attached hydrogen (secondary N) is 1. The molecule has 1 N–H and O–H groups in total. The quantitative estimate of drug-likeness (QED) is 0.916. The SMILES string of the molecule is O=C(NCc1ccc(Br)cc1)c1cc(F)ccc1F. The Labute approximate surface area is 117 Å². The maximum Gasteiger partial charge on any atom is 0.254 e. The summed E-state index contributed by atoms with van der Waals surface area (Å²) in [6, 6.07) is 10.1. The molecule has 0 saturated carbocycles. The molecule has 2 aromatic rings. The van der Waals surface area contributed by atoms with Crippen LogP contribution in [0.2, 0.25) is 0 Å². The third kappa shape index (κ3) is 3.61. The van der Waals surface area contributed by atoms with Crippen molar-refractivity contribution in [1.82, 2.24) is 5.32 Å². The van der Waals surface area contributed by atoms with E-state index in [1.165, 1.54) is 0 Å². The van der Waals surface area contributed by atoms with Gasteiger partial charge in [-0.25, -0.2) is 8.78 Å². The predicted molar refractivity (Wildman–Crippen MR) is 71.7 cm³/mol. The van der Waals surface area contributed by atoms with Crippen LogP contribution in [0.4, 0.5) is 8.78 Å². The third-order valence-corrected chi connectivity index (χ3v) is 3.07. The Morgan fingerprint density at radius 1 is 1.11 bits per heavy atom. The Morgan fingerprint density at radius 3 is 2.47 bits per heavy atom. The lowest BCUT2D eigenvalue weighted by molar-refractivity contribution is 0.0946. The molecule has 0 atom stereocenters. The van der Waals surface area contributed by atoms with Crippen LogP contribution in [-0.2, 0) is 6.54 Å². The van der Waals surface area contributed by atoms with Crippen LogP contribution in [-0.4, -0.2) is 5.91 Å². The van der Waals surface area contributed by atoms with Crippen LogP contribution in [0, 0.1) is 11.6 Å². The molecular weight excluding hydrogens is 316 g/mol. The number of halogens is 3. The van der Waals surface area contributed by atoms with Crippen molar-refractivity contribution in [2.24, 2.45) is 0 Å². The molecule has 0 radical (unpaired) electrons. The van der Waals surface area contributed by atoms with Crippen LogP contribution < -0.4 is 5.32 Å². The molecule has 0 fully saturated rings. The molecule has 0 aromatic heterocycles. The van der Waals surface area contributed by atoms with Gasteiger partial charge in [0.25, 0.3) is 5.91 Å². The van der Waals surface area contributed by atoms with Crippen LogP contribution >= 0.6 is 15.9 Å². The van der Waals surface area contributed by atoms with Gasteiger partial charge in [0.2, 0.25) is 0 Å². The highest BCUT2D eigenvalue weighted by molar-refractivity contribution is 9.10. The standard InChI is InChI=1S/C14H10BrF2NO/c15-10-3-1-9(2-4-10)8-18-14(19)12-7-11(16)5-6-13(12)17/h1-7H,8H2,(H,18,19). The fraction of sp³-hybridized carbons (Fsp3) is 0.0714.